The summed E-state index contributed by atoms with van der Waals surface area (Å²) >= 11 is 0. The second-order valence-corrected chi connectivity index (χ2v) is 22.9. The van der Waals surface area contributed by atoms with Gasteiger partial charge in [-0.2, -0.15) is 38.2 Å². The summed E-state index contributed by atoms with van der Waals surface area (Å²) in [6.07, 6.45) is 11.8. The summed E-state index contributed by atoms with van der Waals surface area (Å²) < 4.78 is 143. The standard InChI is InChI=1S/C45H52N4O14S4/c1-6-22-48-35-26-37(66(58,59)60)31-18-16-29(64(52,53)54)24-33(31)42(35)44(2,3)39(48)13-9-7-10-14-40-45(4,5)43-34-25-30(65(55,56)57)17-19-32(34)38(67(61,62)63)27-36(43)49(40)23-12-8-11-15-41(51)47-21-20-46-28-50/h7,9-10,13-14,16-19,24-28H,6,8,11-12,15,20-23H2,1-5H3,(H5-,46,47,50,51,52,53,54,55,56,57,58,59,60,61,62,63)/p+1. The third-order valence-corrected chi connectivity index (χ3v) is 15.6. The van der Waals surface area contributed by atoms with Crippen molar-refractivity contribution >= 4 is 91.4 Å². The van der Waals surface area contributed by atoms with Crippen molar-refractivity contribution in [3.63, 3.8) is 0 Å². The summed E-state index contributed by atoms with van der Waals surface area (Å²) in [6, 6.07) is 9.62. The van der Waals surface area contributed by atoms with Gasteiger partial charge in [0.1, 0.15) is 16.3 Å². The van der Waals surface area contributed by atoms with Gasteiger partial charge >= 0.3 is 0 Å². The number of carbonyl (C=O) groups excluding carboxylic acids is 2. The Morgan fingerprint density at radius 3 is 1.82 bits per heavy atom. The highest BCUT2D eigenvalue weighted by Gasteiger charge is 2.47. The van der Waals surface area contributed by atoms with E-state index in [-0.39, 0.29) is 47.0 Å². The first kappa shape index (κ1) is 51.1. The van der Waals surface area contributed by atoms with Gasteiger partial charge in [-0.3, -0.25) is 27.8 Å². The van der Waals surface area contributed by atoms with Gasteiger partial charge in [-0.25, -0.2) is 0 Å². The zero-order valence-corrected chi connectivity index (χ0v) is 40.6. The second-order valence-electron chi connectivity index (χ2n) is 17.3. The number of nitrogens with zero attached hydrogens (tertiary/aromatic N) is 2. The fourth-order valence-electron chi connectivity index (χ4n) is 9.21. The topological polar surface area (TPSA) is 282 Å². The predicted molar refractivity (Wildman–Crippen MR) is 253 cm³/mol. The minimum atomic E-state index is -4.86. The average molecular weight is 1000 g/mol. The lowest BCUT2D eigenvalue weighted by Gasteiger charge is -2.27. The zero-order valence-electron chi connectivity index (χ0n) is 37.3. The highest BCUT2D eigenvalue weighted by molar-refractivity contribution is 7.86. The second kappa shape index (κ2) is 19.0. The molecule has 0 spiro atoms. The first-order chi connectivity index (χ1) is 31.1. The van der Waals surface area contributed by atoms with E-state index >= 15 is 0 Å². The number of anilines is 1. The van der Waals surface area contributed by atoms with E-state index in [2.05, 4.69) is 10.6 Å². The molecule has 6 N–H and O–H groups in total. The molecule has 6 rings (SSSR count). The van der Waals surface area contributed by atoms with Crippen molar-refractivity contribution in [3.05, 3.63) is 95.7 Å². The largest absolute Gasteiger partial charge is 0.357 e. The molecular formula is C45H53N4O14S4+. The Hall–Kier alpha value is -5.33. The average Bonchev–Trinajstić information content (AvgIpc) is 3.57. The van der Waals surface area contributed by atoms with Crippen molar-refractivity contribution in [2.24, 2.45) is 0 Å². The monoisotopic (exact) mass is 1000 g/mol. The van der Waals surface area contributed by atoms with Gasteiger partial charge in [-0.15, -0.1) is 0 Å². The normalized spacial score (nSPS) is 16.7. The molecule has 0 saturated heterocycles. The number of amides is 2. The van der Waals surface area contributed by atoms with Gasteiger partial charge in [0.25, 0.3) is 40.5 Å². The number of hydrogen-bond donors (Lipinski definition) is 6. The lowest BCUT2D eigenvalue weighted by atomic mass is 9.79. The van der Waals surface area contributed by atoms with E-state index in [1.807, 2.05) is 56.2 Å². The first-order valence-corrected chi connectivity index (χ1v) is 27.0. The van der Waals surface area contributed by atoms with E-state index in [0.717, 1.165) is 12.1 Å². The van der Waals surface area contributed by atoms with Gasteiger partial charge in [0.15, 0.2) is 5.71 Å². The van der Waals surface area contributed by atoms with Gasteiger partial charge in [0.2, 0.25) is 18.0 Å². The van der Waals surface area contributed by atoms with Crippen molar-refractivity contribution in [2.75, 3.05) is 31.1 Å². The van der Waals surface area contributed by atoms with Crippen LogP contribution in [0, 0.1) is 0 Å². The molecule has 0 saturated carbocycles. The first-order valence-electron chi connectivity index (χ1n) is 21.2. The number of unbranched alkanes of at least 4 members (excludes halogenated alkanes) is 2. The third kappa shape index (κ3) is 10.4. The highest BCUT2D eigenvalue weighted by Crippen LogP contribution is 2.53. The van der Waals surface area contributed by atoms with Gasteiger partial charge in [0.05, 0.1) is 15.2 Å². The summed E-state index contributed by atoms with van der Waals surface area (Å²) in [7, 11) is -19.1. The maximum absolute atomic E-state index is 12.9. The molecule has 4 aromatic rings. The molecule has 360 valence electrons. The van der Waals surface area contributed by atoms with E-state index in [9.17, 15) is 61.5 Å². The molecule has 2 amide bonds. The number of benzene rings is 4. The fourth-order valence-corrected chi connectivity index (χ4v) is 11.7. The highest BCUT2D eigenvalue weighted by atomic mass is 32.2. The Morgan fingerprint density at radius 1 is 0.687 bits per heavy atom. The molecule has 0 unspecified atom stereocenters. The molecule has 0 atom stereocenters. The van der Waals surface area contributed by atoms with Crippen molar-refractivity contribution in [1.82, 2.24) is 10.6 Å². The number of rotatable bonds is 19. The van der Waals surface area contributed by atoms with Crippen LogP contribution in [0.25, 0.3) is 21.5 Å². The van der Waals surface area contributed by atoms with Crippen LogP contribution in [-0.2, 0) is 60.9 Å². The van der Waals surface area contributed by atoms with Gasteiger partial charge in [0, 0.05) is 77.8 Å². The molecule has 18 nitrogen and oxygen atoms in total. The molecule has 0 aliphatic carbocycles. The molecule has 2 heterocycles. The summed E-state index contributed by atoms with van der Waals surface area (Å²) in [6.45, 7) is 10.7. The summed E-state index contributed by atoms with van der Waals surface area (Å²) in [5.74, 6) is -0.193. The Kier molecular flexibility index (Phi) is 14.5. The Labute approximate surface area is 390 Å². The van der Waals surface area contributed by atoms with E-state index in [0.29, 0.717) is 79.1 Å². The molecule has 22 heteroatoms. The summed E-state index contributed by atoms with van der Waals surface area (Å²) in [5, 5.41) is 5.68. The molecule has 0 aromatic heterocycles. The SMILES string of the molecule is CCC[N+]1=C(/C=C/C=C/C=C2/N(CCCCCC(=O)NCCNC=O)c3cc(S(=O)(=O)O)c4ccc(S(=O)(=O)O)cc4c3C2(C)C)C(C)(C)c2c1cc(S(=O)(=O)O)c1ccc(S(=O)(=O)O)cc21. The van der Waals surface area contributed by atoms with Crippen molar-refractivity contribution < 1.29 is 66.0 Å². The minimum absolute atomic E-state index is 0.0373. The van der Waals surface area contributed by atoms with E-state index in [1.54, 1.807) is 18.2 Å². The smallest absolute Gasteiger partial charge is 0.295 e. The molecule has 0 radical (unpaired) electrons. The van der Waals surface area contributed by atoms with Crippen LogP contribution in [-0.4, -0.2) is 101 Å². The Balaban J connectivity index is 1.42. The quantitative estimate of drug-likeness (QED) is 0.0207. The van der Waals surface area contributed by atoms with Gasteiger partial charge in [-0.1, -0.05) is 57.6 Å². The number of hydrogen-bond acceptors (Lipinski definition) is 11. The van der Waals surface area contributed by atoms with Crippen LogP contribution < -0.4 is 15.5 Å². The van der Waals surface area contributed by atoms with Crippen molar-refractivity contribution in [2.45, 2.75) is 97.1 Å². The lowest BCUT2D eigenvalue weighted by Crippen LogP contribution is -2.31. The van der Waals surface area contributed by atoms with Crippen LogP contribution in [0.4, 0.5) is 11.4 Å². The number of nitrogens with one attached hydrogen (secondary N) is 2. The van der Waals surface area contributed by atoms with Crippen molar-refractivity contribution in [1.29, 1.82) is 0 Å². The van der Waals surface area contributed by atoms with Crippen LogP contribution in [0.5, 0.6) is 0 Å². The van der Waals surface area contributed by atoms with Gasteiger partial charge < -0.3 is 15.5 Å². The lowest BCUT2D eigenvalue weighted by molar-refractivity contribution is -0.437. The molecule has 4 aromatic carbocycles. The minimum Gasteiger partial charge on any atom is -0.357 e. The maximum atomic E-state index is 12.9. The number of fused-ring (bicyclic) bond motifs is 6. The molecule has 0 bridgehead atoms. The van der Waals surface area contributed by atoms with Crippen LogP contribution in [0.3, 0.4) is 0 Å². The van der Waals surface area contributed by atoms with E-state index in [4.69, 9.17) is 0 Å². The van der Waals surface area contributed by atoms with Crippen molar-refractivity contribution in [3.8, 4) is 0 Å². The zero-order chi connectivity index (χ0) is 49.5. The summed E-state index contributed by atoms with van der Waals surface area (Å²) in [4.78, 5) is 22.9. The van der Waals surface area contributed by atoms with Crippen LogP contribution in [0.2, 0.25) is 0 Å². The van der Waals surface area contributed by atoms with Crippen LogP contribution >= 0.6 is 0 Å². The van der Waals surface area contributed by atoms with Gasteiger partial charge in [-0.05, 0) is 79.4 Å². The van der Waals surface area contributed by atoms with E-state index in [1.165, 1.54) is 36.4 Å². The maximum Gasteiger partial charge on any atom is 0.295 e. The predicted octanol–water partition coefficient (Wildman–Crippen LogP) is 5.98. The van der Waals surface area contributed by atoms with E-state index < -0.39 is 70.9 Å². The Bertz CT molecular complexity index is 3280. The fraction of sp³-hybridized carbons (Fsp3) is 0.356. The third-order valence-electron chi connectivity index (χ3n) is 12.1. The molecule has 2 aliphatic heterocycles. The van der Waals surface area contributed by atoms with Crippen LogP contribution in [0.15, 0.2) is 104 Å². The molecule has 0 fully saturated rings. The summed E-state index contributed by atoms with van der Waals surface area (Å²) in [5.41, 5.74) is 1.44. The molecular weight excluding hydrogens is 949 g/mol. The van der Waals surface area contributed by atoms with Crippen LogP contribution in [0.1, 0.15) is 77.8 Å². The number of carbonyl (C=O) groups is 2. The number of allylic oxidation sites excluding steroid dienone is 6. The molecule has 67 heavy (non-hydrogen) atoms. The Morgan fingerprint density at radius 2 is 1.27 bits per heavy atom. The molecule has 2 aliphatic rings.